The quantitative estimate of drug-likeness (QED) is 0.615. The molecule has 5 nitrogen and oxygen atoms in total. The minimum atomic E-state index is -1.05. The summed E-state index contributed by atoms with van der Waals surface area (Å²) in [5.41, 5.74) is 6.45. The summed E-state index contributed by atoms with van der Waals surface area (Å²) in [5.74, 6) is -1.05. The Balaban J connectivity index is 2.83. The Morgan fingerprint density at radius 1 is 1.71 bits per heavy atom. The van der Waals surface area contributed by atoms with Crippen LogP contribution in [-0.2, 0) is 11.2 Å². The molecule has 1 heterocycles. The SMILES string of the molecule is Cc1cc(C[C@@H](N)C(=O)O)c[nH]c1=O. The summed E-state index contributed by atoms with van der Waals surface area (Å²) in [5, 5.41) is 8.57. The Morgan fingerprint density at radius 2 is 2.36 bits per heavy atom. The molecule has 0 unspecified atom stereocenters. The summed E-state index contributed by atoms with van der Waals surface area (Å²) in [6.45, 7) is 1.66. The van der Waals surface area contributed by atoms with Gasteiger partial charge in [0.05, 0.1) is 0 Å². The van der Waals surface area contributed by atoms with Gasteiger partial charge in [-0.1, -0.05) is 0 Å². The second-order valence-corrected chi connectivity index (χ2v) is 3.17. The number of hydrogen-bond acceptors (Lipinski definition) is 3. The molecule has 0 aliphatic heterocycles. The first-order valence-corrected chi connectivity index (χ1v) is 4.17. The molecule has 1 rings (SSSR count). The van der Waals surface area contributed by atoms with Gasteiger partial charge in [-0.3, -0.25) is 9.59 Å². The highest BCUT2D eigenvalue weighted by atomic mass is 16.4. The summed E-state index contributed by atoms with van der Waals surface area (Å²) < 4.78 is 0. The molecule has 1 atom stereocenters. The van der Waals surface area contributed by atoms with Gasteiger partial charge in [0.15, 0.2) is 0 Å². The third-order valence-electron chi connectivity index (χ3n) is 1.92. The van der Waals surface area contributed by atoms with Gasteiger partial charge in [0.2, 0.25) is 0 Å². The smallest absolute Gasteiger partial charge is 0.320 e. The number of rotatable bonds is 3. The van der Waals surface area contributed by atoms with Crippen LogP contribution in [0.5, 0.6) is 0 Å². The molecule has 0 fully saturated rings. The molecule has 76 valence electrons. The maximum atomic E-state index is 11.0. The van der Waals surface area contributed by atoms with E-state index in [0.717, 1.165) is 5.56 Å². The lowest BCUT2D eigenvalue weighted by molar-refractivity contribution is -0.138. The maximum absolute atomic E-state index is 11.0. The van der Waals surface area contributed by atoms with Gasteiger partial charge in [-0.15, -0.1) is 0 Å². The monoisotopic (exact) mass is 196 g/mol. The van der Waals surface area contributed by atoms with Gasteiger partial charge in [0.25, 0.3) is 5.56 Å². The molecule has 0 amide bonds. The summed E-state index contributed by atoms with van der Waals surface area (Å²) >= 11 is 0. The summed E-state index contributed by atoms with van der Waals surface area (Å²) in [7, 11) is 0. The third-order valence-corrected chi connectivity index (χ3v) is 1.92. The average molecular weight is 196 g/mol. The summed E-state index contributed by atoms with van der Waals surface area (Å²) in [6, 6.07) is 0.710. The highest BCUT2D eigenvalue weighted by Crippen LogP contribution is 2.01. The van der Waals surface area contributed by atoms with Gasteiger partial charge in [0.1, 0.15) is 6.04 Å². The summed E-state index contributed by atoms with van der Waals surface area (Å²) in [6.07, 6.45) is 1.70. The van der Waals surface area contributed by atoms with E-state index < -0.39 is 12.0 Å². The zero-order valence-corrected chi connectivity index (χ0v) is 7.78. The number of aromatic nitrogens is 1. The summed E-state index contributed by atoms with van der Waals surface area (Å²) in [4.78, 5) is 24.0. The average Bonchev–Trinajstić information content (AvgIpc) is 2.11. The lowest BCUT2D eigenvalue weighted by atomic mass is 10.1. The zero-order valence-electron chi connectivity index (χ0n) is 7.78. The van der Waals surface area contributed by atoms with Crippen molar-refractivity contribution in [1.29, 1.82) is 0 Å². The van der Waals surface area contributed by atoms with Crippen molar-refractivity contribution in [1.82, 2.24) is 4.98 Å². The van der Waals surface area contributed by atoms with E-state index in [4.69, 9.17) is 10.8 Å². The van der Waals surface area contributed by atoms with Crippen LogP contribution in [0.3, 0.4) is 0 Å². The predicted molar refractivity (Wildman–Crippen MR) is 51.1 cm³/mol. The first-order valence-electron chi connectivity index (χ1n) is 4.17. The minimum absolute atomic E-state index is 0.169. The molecule has 0 aliphatic carbocycles. The molecule has 0 saturated carbocycles. The Kier molecular flexibility index (Phi) is 3.03. The van der Waals surface area contributed by atoms with E-state index in [2.05, 4.69) is 4.98 Å². The Hall–Kier alpha value is -1.62. The lowest BCUT2D eigenvalue weighted by Gasteiger charge is -2.06. The molecule has 0 radical (unpaired) electrons. The van der Waals surface area contributed by atoms with E-state index in [1.165, 1.54) is 6.20 Å². The number of carboxylic acid groups (broad SMARTS) is 1. The topological polar surface area (TPSA) is 96.2 Å². The molecule has 1 aromatic heterocycles. The largest absolute Gasteiger partial charge is 0.480 e. The minimum Gasteiger partial charge on any atom is -0.480 e. The highest BCUT2D eigenvalue weighted by Gasteiger charge is 2.12. The van der Waals surface area contributed by atoms with Crippen molar-refractivity contribution in [3.05, 3.63) is 33.7 Å². The Bertz CT molecular complexity index is 397. The van der Waals surface area contributed by atoms with Crippen molar-refractivity contribution in [2.45, 2.75) is 19.4 Å². The van der Waals surface area contributed by atoms with Crippen LogP contribution < -0.4 is 11.3 Å². The number of aryl methyl sites for hydroxylation is 1. The molecule has 4 N–H and O–H groups in total. The number of aromatic amines is 1. The van der Waals surface area contributed by atoms with E-state index in [1.54, 1.807) is 13.0 Å². The maximum Gasteiger partial charge on any atom is 0.320 e. The number of H-pyrrole nitrogens is 1. The molecule has 0 aromatic carbocycles. The van der Waals surface area contributed by atoms with Gasteiger partial charge in [0, 0.05) is 11.8 Å². The second-order valence-electron chi connectivity index (χ2n) is 3.17. The van der Waals surface area contributed by atoms with Crippen LogP contribution in [0.25, 0.3) is 0 Å². The van der Waals surface area contributed by atoms with E-state index >= 15 is 0 Å². The first-order chi connectivity index (χ1) is 6.50. The van der Waals surface area contributed by atoms with Crippen LogP contribution in [0.4, 0.5) is 0 Å². The number of aliphatic carboxylic acids is 1. The molecule has 0 spiro atoms. The predicted octanol–water partition coefficient (Wildman–Crippen LogP) is -0.362. The fourth-order valence-electron chi connectivity index (χ4n) is 1.12. The van der Waals surface area contributed by atoms with Crippen LogP contribution in [0.2, 0.25) is 0 Å². The van der Waals surface area contributed by atoms with Crippen LogP contribution in [0, 0.1) is 6.92 Å². The van der Waals surface area contributed by atoms with Gasteiger partial charge in [-0.2, -0.15) is 0 Å². The van der Waals surface area contributed by atoms with Crippen molar-refractivity contribution < 1.29 is 9.90 Å². The fraction of sp³-hybridized carbons (Fsp3) is 0.333. The molecular weight excluding hydrogens is 184 g/mol. The lowest BCUT2D eigenvalue weighted by Crippen LogP contribution is -2.32. The van der Waals surface area contributed by atoms with E-state index in [0.29, 0.717) is 5.56 Å². The standard InChI is InChI=1S/C9H12N2O3/c1-5-2-6(4-11-8(5)12)3-7(10)9(13)14/h2,4,7H,3,10H2,1H3,(H,11,12)(H,13,14)/t7-/m1/s1. The number of carbonyl (C=O) groups is 1. The Morgan fingerprint density at radius 3 is 2.86 bits per heavy atom. The molecule has 5 heteroatoms. The van der Waals surface area contributed by atoms with Crippen molar-refractivity contribution >= 4 is 5.97 Å². The van der Waals surface area contributed by atoms with E-state index in [-0.39, 0.29) is 12.0 Å². The van der Waals surface area contributed by atoms with Crippen LogP contribution in [0.15, 0.2) is 17.1 Å². The number of carboxylic acids is 1. The van der Waals surface area contributed by atoms with Crippen LogP contribution >= 0.6 is 0 Å². The van der Waals surface area contributed by atoms with Crippen LogP contribution in [0.1, 0.15) is 11.1 Å². The van der Waals surface area contributed by atoms with Gasteiger partial charge < -0.3 is 15.8 Å². The highest BCUT2D eigenvalue weighted by molar-refractivity contribution is 5.73. The molecule has 0 aliphatic rings. The molecule has 14 heavy (non-hydrogen) atoms. The molecule has 1 aromatic rings. The van der Waals surface area contributed by atoms with E-state index in [1.807, 2.05) is 0 Å². The molecule has 0 bridgehead atoms. The van der Waals surface area contributed by atoms with Gasteiger partial charge >= 0.3 is 5.97 Å². The van der Waals surface area contributed by atoms with Crippen LogP contribution in [-0.4, -0.2) is 22.1 Å². The van der Waals surface area contributed by atoms with Crippen molar-refractivity contribution in [3.8, 4) is 0 Å². The van der Waals surface area contributed by atoms with Gasteiger partial charge in [-0.25, -0.2) is 0 Å². The second kappa shape index (κ2) is 4.06. The first kappa shape index (κ1) is 10.5. The number of nitrogens with one attached hydrogen (secondary N) is 1. The fourth-order valence-corrected chi connectivity index (χ4v) is 1.12. The Labute approximate surface area is 80.6 Å². The zero-order chi connectivity index (χ0) is 10.7. The third kappa shape index (κ3) is 2.43. The van der Waals surface area contributed by atoms with Crippen molar-refractivity contribution in [3.63, 3.8) is 0 Å². The van der Waals surface area contributed by atoms with Crippen molar-refractivity contribution in [2.24, 2.45) is 5.73 Å². The normalized spacial score (nSPS) is 12.4. The molecule has 0 saturated heterocycles. The van der Waals surface area contributed by atoms with Gasteiger partial charge in [-0.05, 0) is 25.0 Å². The van der Waals surface area contributed by atoms with Crippen molar-refractivity contribution in [2.75, 3.05) is 0 Å². The number of hydrogen-bond donors (Lipinski definition) is 3. The number of nitrogens with two attached hydrogens (primary N) is 1. The molecular formula is C9H12N2O3. The van der Waals surface area contributed by atoms with E-state index in [9.17, 15) is 9.59 Å². The number of pyridine rings is 1.